The lowest BCUT2D eigenvalue weighted by molar-refractivity contribution is 0.391. The molecule has 0 spiro atoms. The molecule has 0 saturated heterocycles. The summed E-state index contributed by atoms with van der Waals surface area (Å²) in [4.78, 5) is 3.10. The van der Waals surface area contributed by atoms with Crippen molar-refractivity contribution in [2.45, 2.75) is 26.8 Å². The summed E-state index contributed by atoms with van der Waals surface area (Å²) in [7, 11) is 0. The van der Waals surface area contributed by atoms with Crippen LogP contribution in [0.1, 0.15) is 30.0 Å². The minimum Gasteiger partial charge on any atom is -0.361 e. The van der Waals surface area contributed by atoms with Crippen LogP contribution in [0.5, 0.6) is 0 Å². The van der Waals surface area contributed by atoms with Crippen molar-refractivity contribution in [2.75, 3.05) is 0 Å². The molecular weight excluding hydrogens is 277 g/mol. The van der Waals surface area contributed by atoms with Crippen molar-refractivity contribution in [3.63, 3.8) is 0 Å². The van der Waals surface area contributed by atoms with Crippen LogP contribution in [0.2, 0.25) is 0 Å². The molecular formula is C14H14FN3OS. The molecule has 1 unspecified atom stereocenters. The van der Waals surface area contributed by atoms with Crippen LogP contribution in [0.3, 0.4) is 0 Å². The Labute approximate surface area is 120 Å². The molecule has 104 valence electrons. The predicted molar refractivity (Wildman–Crippen MR) is 76.9 cm³/mol. The lowest BCUT2D eigenvalue weighted by atomic mass is 10.1. The number of imidazole rings is 1. The first-order valence-corrected chi connectivity index (χ1v) is 6.72. The largest absolute Gasteiger partial charge is 0.361 e. The zero-order valence-electron chi connectivity index (χ0n) is 11.4. The van der Waals surface area contributed by atoms with E-state index in [0.717, 1.165) is 28.1 Å². The molecule has 4 nitrogen and oxygen atoms in total. The zero-order valence-corrected chi connectivity index (χ0v) is 12.2. The summed E-state index contributed by atoms with van der Waals surface area (Å²) >= 11 is 5.37. The van der Waals surface area contributed by atoms with Gasteiger partial charge in [-0.2, -0.15) is 0 Å². The number of H-pyrrole nitrogens is 1. The van der Waals surface area contributed by atoms with Crippen molar-refractivity contribution in [3.05, 3.63) is 45.8 Å². The van der Waals surface area contributed by atoms with Crippen molar-refractivity contribution in [1.29, 1.82) is 0 Å². The van der Waals surface area contributed by atoms with E-state index in [-0.39, 0.29) is 11.9 Å². The van der Waals surface area contributed by atoms with Gasteiger partial charge in [0.2, 0.25) is 0 Å². The molecule has 2 aromatic heterocycles. The molecule has 1 atom stereocenters. The van der Waals surface area contributed by atoms with Gasteiger partial charge in [-0.3, -0.25) is 0 Å². The molecule has 0 amide bonds. The van der Waals surface area contributed by atoms with Crippen LogP contribution in [-0.4, -0.2) is 14.7 Å². The summed E-state index contributed by atoms with van der Waals surface area (Å²) in [6.45, 7) is 5.76. The van der Waals surface area contributed by atoms with Crippen LogP contribution < -0.4 is 0 Å². The number of hydrogen-bond donors (Lipinski definition) is 1. The summed E-state index contributed by atoms with van der Waals surface area (Å²) in [5.74, 6) is 0.467. The minimum absolute atomic E-state index is 0.0794. The maximum atomic E-state index is 13.5. The second kappa shape index (κ2) is 4.56. The number of nitrogens with zero attached hydrogens (tertiary/aromatic N) is 2. The molecule has 0 aliphatic heterocycles. The Morgan fingerprint density at radius 2 is 2.15 bits per heavy atom. The highest BCUT2D eigenvalue weighted by molar-refractivity contribution is 7.71. The average Bonchev–Trinajstić information content (AvgIpc) is 2.88. The first-order chi connectivity index (χ1) is 9.49. The van der Waals surface area contributed by atoms with Crippen LogP contribution in [0.4, 0.5) is 4.39 Å². The summed E-state index contributed by atoms with van der Waals surface area (Å²) in [6.07, 6.45) is 0. The Morgan fingerprint density at radius 3 is 2.80 bits per heavy atom. The summed E-state index contributed by atoms with van der Waals surface area (Å²) in [6, 6.07) is 4.51. The summed E-state index contributed by atoms with van der Waals surface area (Å²) in [5, 5.41) is 3.97. The van der Waals surface area contributed by atoms with Gasteiger partial charge < -0.3 is 14.1 Å². The predicted octanol–water partition coefficient (Wildman–Crippen LogP) is 4.05. The van der Waals surface area contributed by atoms with Gasteiger partial charge in [0.1, 0.15) is 11.6 Å². The number of hydrogen-bond acceptors (Lipinski definition) is 3. The van der Waals surface area contributed by atoms with Crippen LogP contribution in [0, 0.1) is 24.4 Å². The SMILES string of the molecule is Cc1noc(C)c1C(C)n1c(=S)[nH]c2ccc(F)cc21. The second-order valence-corrected chi connectivity index (χ2v) is 5.26. The van der Waals surface area contributed by atoms with Gasteiger partial charge in [0.15, 0.2) is 4.77 Å². The number of aromatic amines is 1. The van der Waals surface area contributed by atoms with Crippen LogP contribution in [0.15, 0.2) is 22.7 Å². The maximum Gasteiger partial charge on any atom is 0.178 e. The quantitative estimate of drug-likeness (QED) is 0.724. The monoisotopic (exact) mass is 291 g/mol. The van der Waals surface area contributed by atoms with E-state index in [1.165, 1.54) is 12.1 Å². The molecule has 20 heavy (non-hydrogen) atoms. The van der Waals surface area contributed by atoms with Gasteiger partial charge in [-0.15, -0.1) is 0 Å². The third kappa shape index (κ3) is 1.87. The van der Waals surface area contributed by atoms with Crippen molar-refractivity contribution in [1.82, 2.24) is 14.7 Å². The highest BCUT2D eigenvalue weighted by Gasteiger charge is 2.20. The Hall–Kier alpha value is -1.95. The highest BCUT2D eigenvalue weighted by Crippen LogP contribution is 2.28. The normalized spacial score (nSPS) is 13.0. The van der Waals surface area contributed by atoms with Gasteiger partial charge in [-0.25, -0.2) is 4.39 Å². The molecule has 0 aliphatic rings. The molecule has 0 bridgehead atoms. The maximum absolute atomic E-state index is 13.5. The van der Waals surface area contributed by atoms with Gasteiger partial charge in [-0.05, 0) is 51.2 Å². The number of benzene rings is 1. The summed E-state index contributed by atoms with van der Waals surface area (Å²) < 4.78 is 21.1. The minimum atomic E-state index is -0.286. The van der Waals surface area contributed by atoms with Gasteiger partial charge in [-0.1, -0.05) is 5.16 Å². The van der Waals surface area contributed by atoms with E-state index in [4.69, 9.17) is 16.7 Å². The number of aryl methyl sites for hydroxylation is 2. The van der Waals surface area contributed by atoms with E-state index in [0.29, 0.717) is 4.77 Å². The fourth-order valence-electron chi connectivity index (χ4n) is 2.69. The first kappa shape index (κ1) is 13.1. The fourth-order valence-corrected chi connectivity index (χ4v) is 3.06. The molecule has 1 N–H and O–H groups in total. The molecule has 3 rings (SSSR count). The average molecular weight is 291 g/mol. The smallest absolute Gasteiger partial charge is 0.178 e. The second-order valence-electron chi connectivity index (χ2n) is 4.88. The molecule has 6 heteroatoms. The lowest BCUT2D eigenvalue weighted by Gasteiger charge is -2.14. The Kier molecular flexibility index (Phi) is 2.97. The van der Waals surface area contributed by atoms with E-state index >= 15 is 0 Å². The number of fused-ring (bicyclic) bond motifs is 1. The molecule has 0 fully saturated rings. The number of rotatable bonds is 2. The molecule has 1 aromatic carbocycles. The van der Waals surface area contributed by atoms with E-state index < -0.39 is 0 Å². The van der Waals surface area contributed by atoms with E-state index in [9.17, 15) is 4.39 Å². The molecule has 0 aliphatic carbocycles. The standard InChI is InChI=1S/C14H14FN3OS/c1-7-13(9(3)19-17-7)8(2)18-12-6-10(15)4-5-11(12)16-14(18)20/h4-6,8H,1-3H3,(H,16,20). The molecule has 0 saturated carbocycles. The highest BCUT2D eigenvalue weighted by atomic mass is 32.1. The van der Waals surface area contributed by atoms with Gasteiger partial charge in [0.05, 0.1) is 22.8 Å². The van der Waals surface area contributed by atoms with E-state index in [1.807, 2.05) is 25.3 Å². The van der Waals surface area contributed by atoms with Crippen molar-refractivity contribution in [3.8, 4) is 0 Å². The van der Waals surface area contributed by atoms with Crippen LogP contribution in [0.25, 0.3) is 11.0 Å². The third-order valence-corrected chi connectivity index (χ3v) is 3.87. The van der Waals surface area contributed by atoms with Gasteiger partial charge in [0.25, 0.3) is 0 Å². The number of aromatic nitrogens is 3. The fraction of sp³-hybridized carbons (Fsp3) is 0.286. The van der Waals surface area contributed by atoms with Crippen LogP contribution in [-0.2, 0) is 0 Å². The van der Waals surface area contributed by atoms with Gasteiger partial charge in [0, 0.05) is 5.56 Å². The van der Waals surface area contributed by atoms with Crippen LogP contribution >= 0.6 is 12.2 Å². The molecule has 0 radical (unpaired) electrons. The topological polar surface area (TPSA) is 46.8 Å². The Morgan fingerprint density at radius 1 is 1.40 bits per heavy atom. The zero-order chi connectivity index (χ0) is 14.4. The summed E-state index contributed by atoms with van der Waals surface area (Å²) in [5.41, 5.74) is 3.35. The lowest BCUT2D eigenvalue weighted by Crippen LogP contribution is -2.08. The Balaban J connectivity index is 2.26. The number of halogens is 1. The molecule has 3 aromatic rings. The van der Waals surface area contributed by atoms with Gasteiger partial charge >= 0.3 is 0 Å². The Bertz CT molecular complexity index is 826. The first-order valence-electron chi connectivity index (χ1n) is 6.31. The third-order valence-electron chi connectivity index (χ3n) is 3.57. The van der Waals surface area contributed by atoms with Crippen molar-refractivity contribution in [2.24, 2.45) is 0 Å². The number of nitrogens with one attached hydrogen (secondary N) is 1. The van der Waals surface area contributed by atoms with Crippen molar-refractivity contribution >= 4 is 23.3 Å². The van der Waals surface area contributed by atoms with E-state index in [1.54, 1.807) is 6.07 Å². The molecule has 2 heterocycles. The van der Waals surface area contributed by atoms with E-state index in [2.05, 4.69) is 10.1 Å². The van der Waals surface area contributed by atoms with Crippen molar-refractivity contribution < 1.29 is 8.91 Å².